The van der Waals surface area contributed by atoms with Crippen LogP contribution < -0.4 is 10.5 Å². The van der Waals surface area contributed by atoms with E-state index < -0.39 is 0 Å². The maximum absolute atomic E-state index is 5.49. The number of ether oxygens (including phenoxy) is 1. The summed E-state index contributed by atoms with van der Waals surface area (Å²) in [6, 6.07) is 7.96. The number of rotatable bonds is 5. The summed E-state index contributed by atoms with van der Waals surface area (Å²) in [5, 5.41) is 3.23. The predicted molar refractivity (Wildman–Crippen MR) is 71.5 cm³/mol. The van der Waals surface area contributed by atoms with Gasteiger partial charge in [0.2, 0.25) is 0 Å². The van der Waals surface area contributed by atoms with E-state index >= 15 is 0 Å². The van der Waals surface area contributed by atoms with Gasteiger partial charge in [-0.1, -0.05) is 12.1 Å². The van der Waals surface area contributed by atoms with Crippen molar-refractivity contribution in [2.45, 2.75) is 12.8 Å². The molecule has 0 spiro atoms. The van der Waals surface area contributed by atoms with Crippen molar-refractivity contribution in [2.75, 3.05) is 13.7 Å². The molecule has 1 heterocycles. The Morgan fingerprint density at radius 3 is 3.06 bits per heavy atom. The molecule has 0 aliphatic carbocycles. The minimum atomic E-state index is 0.716. The number of nitrogens with two attached hydrogens (primary N) is 1. The highest BCUT2D eigenvalue weighted by Gasteiger charge is 2.05. The summed E-state index contributed by atoms with van der Waals surface area (Å²) in [7, 11) is 1.67. The number of aromatic nitrogens is 1. The number of benzene rings is 1. The monoisotopic (exact) mass is 248 g/mol. The van der Waals surface area contributed by atoms with Crippen molar-refractivity contribution in [3.8, 4) is 17.0 Å². The van der Waals surface area contributed by atoms with E-state index in [1.165, 1.54) is 0 Å². The third-order valence-electron chi connectivity index (χ3n) is 2.51. The maximum atomic E-state index is 5.49. The summed E-state index contributed by atoms with van der Waals surface area (Å²) in [5.74, 6) is 0.860. The lowest BCUT2D eigenvalue weighted by atomic mass is 10.1. The zero-order valence-corrected chi connectivity index (χ0v) is 10.7. The van der Waals surface area contributed by atoms with Crippen LogP contribution in [0.2, 0.25) is 0 Å². The zero-order chi connectivity index (χ0) is 12.1. The third-order valence-corrected chi connectivity index (χ3v) is 3.42. The van der Waals surface area contributed by atoms with Crippen LogP contribution in [-0.2, 0) is 6.42 Å². The van der Waals surface area contributed by atoms with Gasteiger partial charge in [-0.05, 0) is 25.1 Å². The van der Waals surface area contributed by atoms with Gasteiger partial charge in [0.1, 0.15) is 5.75 Å². The van der Waals surface area contributed by atoms with Gasteiger partial charge in [0.05, 0.1) is 17.8 Å². The molecule has 3 nitrogen and oxygen atoms in total. The fourth-order valence-electron chi connectivity index (χ4n) is 1.59. The van der Waals surface area contributed by atoms with Gasteiger partial charge in [-0.2, -0.15) is 0 Å². The van der Waals surface area contributed by atoms with Crippen molar-refractivity contribution in [3.63, 3.8) is 0 Å². The average molecular weight is 248 g/mol. The molecule has 0 aliphatic heterocycles. The summed E-state index contributed by atoms with van der Waals surface area (Å²) >= 11 is 1.69. The van der Waals surface area contributed by atoms with Gasteiger partial charge < -0.3 is 10.5 Å². The summed E-state index contributed by atoms with van der Waals surface area (Å²) in [6.45, 7) is 0.716. The van der Waals surface area contributed by atoms with Gasteiger partial charge in [-0.3, -0.25) is 0 Å². The maximum Gasteiger partial charge on any atom is 0.119 e. The Balaban J connectivity index is 2.18. The molecular formula is C13H16N2OS. The van der Waals surface area contributed by atoms with E-state index in [2.05, 4.69) is 10.4 Å². The molecule has 0 aliphatic rings. The van der Waals surface area contributed by atoms with Gasteiger partial charge in [-0.15, -0.1) is 11.3 Å². The molecule has 1 aromatic heterocycles. The van der Waals surface area contributed by atoms with Crippen molar-refractivity contribution >= 4 is 11.3 Å². The van der Waals surface area contributed by atoms with Crippen LogP contribution >= 0.6 is 11.3 Å². The van der Waals surface area contributed by atoms with Crippen molar-refractivity contribution in [3.05, 3.63) is 34.7 Å². The Bertz CT molecular complexity index is 482. The molecule has 0 saturated carbocycles. The Kier molecular flexibility index (Phi) is 4.12. The van der Waals surface area contributed by atoms with Gasteiger partial charge in [0, 0.05) is 17.4 Å². The van der Waals surface area contributed by atoms with Crippen LogP contribution in [-0.4, -0.2) is 18.6 Å². The van der Waals surface area contributed by atoms with Crippen LogP contribution in [0, 0.1) is 0 Å². The van der Waals surface area contributed by atoms with Crippen molar-refractivity contribution < 1.29 is 4.74 Å². The largest absolute Gasteiger partial charge is 0.497 e. The fourth-order valence-corrected chi connectivity index (χ4v) is 2.44. The smallest absolute Gasteiger partial charge is 0.119 e. The van der Waals surface area contributed by atoms with Crippen LogP contribution in [0.4, 0.5) is 0 Å². The molecule has 2 aromatic rings. The van der Waals surface area contributed by atoms with Crippen LogP contribution in [0.15, 0.2) is 29.6 Å². The first-order valence-corrected chi connectivity index (χ1v) is 6.50. The molecule has 2 rings (SSSR count). The number of thiazole rings is 1. The van der Waals surface area contributed by atoms with E-state index in [4.69, 9.17) is 10.5 Å². The van der Waals surface area contributed by atoms with Gasteiger partial charge in [-0.25, -0.2) is 4.98 Å². The van der Waals surface area contributed by atoms with Crippen LogP contribution in [0.5, 0.6) is 5.75 Å². The van der Waals surface area contributed by atoms with Crippen LogP contribution in [0.1, 0.15) is 11.4 Å². The van der Waals surface area contributed by atoms with E-state index in [-0.39, 0.29) is 0 Å². The van der Waals surface area contributed by atoms with Crippen LogP contribution in [0.25, 0.3) is 11.3 Å². The minimum Gasteiger partial charge on any atom is -0.497 e. The molecule has 0 unspecified atom stereocenters. The molecular weight excluding hydrogens is 232 g/mol. The van der Waals surface area contributed by atoms with Gasteiger partial charge >= 0.3 is 0 Å². The highest BCUT2D eigenvalue weighted by Crippen LogP contribution is 2.25. The second kappa shape index (κ2) is 5.80. The standard InChI is InChI=1S/C13H16N2OS/c1-16-11-5-2-4-10(8-11)12-9-17-13(15-12)6-3-7-14/h2,4-5,8-9H,3,6-7,14H2,1H3. The molecule has 0 fully saturated rings. The second-order valence-electron chi connectivity index (χ2n) is 3.75. The minimum absolute atomic E-state index is 0.716. The average Bonchev–Trinajstić information content (AvgIpc) is 2.85. The van der Waals surface area contributed by atoms with Crippen molar-refractivity contribution in [2.24, 2.45) is 5.73 Å². The summed E-state index contributed by atoms with van der Waals surface area (Å²) in [6.07, 6.45) is 1.95. The molecule has 4 heteroatoms. The van der Waals surface area contributed by atoms with Gasteiger partial charge in [0.25, 0.3) is 0 Å². The molecule has 90 valence electrons. The Hall–Kier alpha value is -1.39. The fraction of sp³-hybridized carbons (Fsp3) is 0.308. The molecule has 2 N–H and O–H groups in total. The first-order chi connectivity index (χ1) is 8.33. The number of aryl methyl sites for hydroxylation is 1. The Morgan fingerprint density at radius 1 is 1.41 bits per heavy atom. The predicted octanol–water partition coefficient (Wildman–Crippen LogP) is 2.71. The van der Waals surface area contributed by atoms with E-state index in [0.29, 0.717) is 6.54 Å². The molecule has 0 bridgehead atoms. The van der Waals surface area contributed by atoms with E-state index in [9.17, 15) is 0 Å². The SMILES string of the molecule is COc1cccc(-c2csc(CCCN)n2)c1. The van der Waals surface area contributed by atoms with E-state index in [0.717, 1.165) is 34.9 Å². The summed E-state index contributed by atoms with van der Waals surface area (Å²) in [4.78, 5) is 4.60. The molecule has 0 amide bonds. The van der Waals surface area contributed by atoms with Crippen molar-refractivity contribution in [1.29, 1.82) is 0 Å². The topological polar surface area (TPSA) is 48.1 Å². The number of hydrogen-bond acceptors (Lipinski definition) is 4. The zero-order valence-electron chi connectivity index (χ0n) is 9.85. The summed E-state index contributed by atoms with van der Waals surface area (Å²) in [5.41, 5.74) is 7.60. The number of hydrogen-bond donors (Lipinski definition) is 1. The highest BCUT2D eigenvalue weighted by atomic mass is 32.1. The van der Waals surface area contributed by atoms with E-state index in [1.807, 2.05) is 24.3 Å². The Labute approximate surface area is 105 Å². The third kappa shape index (κ3) is 3.05. The van der Waals surface area contributed by atoms with E-state index in [1.54, 1.807) is 18.4 Å². The lowest BCUT2D eigenvalue weighted by Crippen LogP contribution is -1.99. The normalized spacial score (nSPS) is 10.5. The number of methoxy groups -OCH3 is 1. The lowest BCUT2D eigenvalue weighted by molar-refractivity contribution is 0.415. The van der Waals surface area contributed by atoms with Crippen LogP contribution in [0.3, 0.4) is 0 Å². The quantitative estimate of drug-likeness (QED) is 0.885. The first kappa shape index (κ1) is 12.1. The molecule has 17 heavy (non-hydrogen) atoms. The molecule has 1 aromatic carbocycles. The van der Waals surface area contributed by atoms with Gasteiger partial charge in [0.15, 0.2) is 0 Å². The number of nitrogens with zero attached hydrogens (tertiary/aromatic N) is 1. The second-order valence-corrected chi connectivity index (χ2v) is 4.69. The molecule has 0 saturated heterocycles. The molecule has 0 radical (unpaired) electrons. The molecule has 0 atom stereocenters. The highest BCUT2D eigenvalue weighted by molar-refractivity contribution is 7.09. The lowest BCUT2D eigenvalue weighted by Gasteiger charge is -2.01. The first-order valence-electron chi connectivity index (χ1n) is 5.62. The summed E-state index contributed by atoms with van der Waals surface area (Å²) < 4.78 is 5.21. The van der Waals surface area contributed by atoms with Crippen molar-refractivity contribution in [1.82, 2.24) is 4.98 Å². The Morgan fingerprint density at radius 2 is 2.29 bits per heavy atom.